The van der Waals surface area contributed by atoms with Crippen LogP contribution in [0.1, 0.15) is 0 Å². The Morgan fingerprint density at radius 1 is 1.91 bits per heavy atom. The molecule has 11 heavy (non-hydrogen) atoms. The number of aromatic amines is 1. The second kappa shape index (κ2) is 3.20. The van der Waals surface area contributed by atoms with Gasteiger partial charge in [-0.3, -0.25) is 5.10 Å². The van der Waals surface area contributed by atoms with Gasteiger partial charge in [0.05, 0.1) is 0 Å². The summed E-state index contributed by atoms with van der Waals surface area (Å²) in [7, 11) is 0. The highest BCUT2D eigenvalue weighted by Crippen LogP contribution is 2.18. The number of carbonyl (C=O) groups is 1. The van der Waals surface area contributed by atoms with E-state index in [9.17, 15) is 4.79 Å². The van der Waals surface area contributed by atoms with Gasteiger partial charge in [0.25, 0.3) is 0 Å². The lowest BCUT2D eigenvalue weighted by Gasteiger charge is -2.03. The molecule has 1 rings (SSSR count). The molecule has 0 aromatic carbocycles. The van der Waals surface area contributed by atoms with E-state index in [2.05, 4.69) is 35.2 Å². The third kappa shape index (κ3) is 1.91. The van der Waals surface area contributed by atoms with Gasteiger partial charge in [-0.2, -0.15) is 4.31 Å². The van der Waals surface area contributed by atoms with Gasteiger partial charge in [0.1, 0.15) is 0 Å². The Hall–Kier alpha value is -0.600. The maximum atomic E-state index is 10.3. The molecule has 2 N–H and O–H groups in total. The SMILES string of the molecule is O=C(O)N(S)c1n[nH]c(=S)s1. The van der Waals surface area contributed by atoms with Crippen LogP contribution in [0.3, 0.4) is 0 Å². The van der Waals surface area contributed by atoms with Crippen molar-refractivity contribution in [2.45, 2.75) is 0 Å². The van der Waals surface area contributed by atoms with Crippen molar-refractivity contribution in [3.05, 3.63) is 3.95 Å². The van der Waals surface area contributed by atoms with Gasteiger partial charge in [0.2, 0.25) is 5.13 Å². The Labute approximate surface area is 76.2 Å². The van der Waals surface area contributed by atoms with E-state index in [1.54, 1.807) is 0 Å². The Balaban J connectivity index is 2.93. The standard InChI is InChI=1S/C3H3N3O2S3/c7-3(8)6(10)1-4-5-2(9)11-1/h10H,(H,5,9)(H,7,8). The van der Waals surface area contributed by atoms with Crippen LogP contribution in [0, 0.1) is 3.95 Å². The largest absolute Gasteiger partial charge is 0.464 e. The van der Waals surface area contributed by atoms with Crippen LogP contribution in [0.4, 0.5) is 9.93 Å². The van der Waals surface area contributed by atoms with Gasteiger partial charge in [0, 0.05) is 0 Å². The van der Waals surface area contributed by atoms with Crippen LogP contribution >= 0.6 is 36.4 Å². The van der Waals surface area contributed by atoms with Crippen molar-refractivity contribution >= 4 is 47.6 Å². The van der Waals surface area contributed by atoms with Gasteiger partial charge in [-0.1, -0.05) is 24.2 Å². The summed E-state index contributed by atoms with van der Waals surface area (Å²) in [6, 6.07) is 0. The zero-order valence-corrected chi connectivity index (χ0v) is 7.54. The van der Waals surface area contributed by atoms with Crippen LogP contribution in [0.2, 0.25) is 0 Å². The minimum absolute atomic E-state index is 0.214. The molecule has 8 heteroatoms. The number of rotatable bonds is 1. The smallest absolute Gasteiger partial charge is 0.423 e. The highest BCUT2D eigenvalue weighted by Gasteiger charge is 2.12. The summed E-state index contributed by atoms with van der Waals surface area (Å²) >= 11 is 9.37. The topological polar surface area (TPSA) is 69.2 Å². The fourth-order valence-electron chi connectivity index (χ4n) is 0.394. The van der Waals surface area contributed by atoms with E-state index in [0.29, 0.717) is 8.26 Å². The lowest BCUT2D eigenvalue weighted by atomic mass is 11.0. The second-order valence-corrected chi connectivity index (χ2v) is 3.53. The monoisotopic (exact) mass is 209 g/mol. The van der Waals surface area contributed by atoms with Crippen molar-refractivity contribution < 1.29 is 9.90 Å². The molecule has 0 aliphatic heterocycles. The lowest BCUT2D eigenvalue weighted by Crippen LogP contribution is -2.17. The number of anilines is 1. The fourth-order valence-corrected chi connectivity index (χ4v) is 1.34. The van der Waals surface area contributed by atoms with E-state index < -0.39 is 6.09 Å². The zero-order valence-electron chi connectivity index (χ0n) is 5.01. The predicted octanol–water partition coefficient (Wildman–Crippen LogP) is 1.53. The van der Waals surface area contributed by atoms with Gasteiger partial charge in [-0.25, -0.2) is 4.79 Å². The number of hydrogen-bond donors (Lipinski definition) is 3. The molecule has 1 aromatic rings. The van der Waals surface area contributed by atoms with Crippen molar-refractivity contribution in [2.75, 3.05) is 4.31 Å². The molecule has 1 heterocycles. The third-order valence-corrected chi connectivity index (χ3v) is 2.36. The molecule has 1 amide bonds. The van der Waals surface area contributed by atoms with Crippen LogP contribution < -0.4 is 4.31 Å². The number of hydrogen-bond acceptors (Lipinski definition) is 5. The number of nitrogens with zero attached hydrogens (tertiary/aromatic N) is 2. The summed E-state index contributed by atoms with van der Waals surface area (Å²) in [5, 5.41) is 14.7. The lowest BCUT2D eigenvalue weighted by molar-refractivity contribution is 0.206. The van der Waals surface area contributed by atoms with E-state index in [4.69, 9.17) is 5.11 Å². The number of aromatic nitrogens is 2. The average molecular weight is 209 g/mol. The number of carboxylic acid groups (broad SMARTS) is 1. The van der Waals surface area contributed by atoms with E-state index >= 15 is 0 Å². The van der Waals surface area contributed by atoms with Crippen molar-refractivity contribution in [1.29, 1.82) is 0 Å². The van der Waals surface area contributed by atoms with Crippen molar-refractivity contribution in [1.82, 2.24) is 10.2 Å². The van der Waals surface area contributed by atoms with Crippen LogP contribution in [0.25, 0.3) is 0 Å². The van der Waals surface area contributed by atoms with Crippen molar-refractivity contribution in [3.8, 4) is 0 Å². The fraction of sp³-hybridized carbons (Fsp3) is 0. The molecule has 5 nitrogen and oxygen atoms in total. The highest BCUT2D eigenvalue weighted by atomic mass is 32.1. The van der Waals surface area contributed by atoms with E-state index in [-0.39, 0.29) is 5.13 Å². The average Bonchev–Trinajstić information content (AvgIpc) is 2.34. The molecule has 0 spiro atoms. The Morgan fingerprint density at radius 3 is 2.91 bits per heavy atom. The van der Waals surface area contributed by atoms with Gasteiger partial charge in [-0.05, 0) is 12.2 Å². The Bertz CT molecular complexity index is 318. The third-order valence-electron chi connectivity index (χ3n) is 0.789. The van der Waals surface area contributed by atoms with Crippen LogP contribution in [-0.4, -0.2) is 21.4 Å². The quantitative estimate of drug-likeness (QED) is 0.484. The molecular weight excluding hydrogens is 206 g/mol. The molecule has 0 saturated heterocycles. The molecule has 0 saturated carbocycles. The first-order chi connectivity index (χ1) is 5.11. The number of thiol groups is 1. The van der Waals surface area contributed by atoms with E-state index in [1.165, 1.54) is 0 Å². The first kappa shape index (κ1) is 8.50. The maximum Gasteiger partial charge on any atom is 0.423 e. The summed E-state index contributed by atoms with van der Waals surface area (Å²) in [4.78, 5) is 10.3. The number of nitrogens with one attached hydrogen (secondary N) is 1. The Morgan fingerprint density at radius 2 is 2.55 bits per heavy atom. The molecule has 60 valence electrons. The second-order valence-electron chi connectivity index (χ2n) is 1.49. The zero-order chi connectivity index (χ0) is 8.43. The van der Waals surface area contributed by atoms with Gasteiger partial charge in [-0.15, -0.1) is 5.10 Å². The molecule has 0 fully saturated rings. The molecular formula is C3H3N3O2S3. The summed E-state index contributed by atoms with van der Waals surface area (Å²) in [6.45, 7) is 0. The van der Waals surface area contributed by atoms with Crippen molar-refractivity contribution in [3.63, 3.8) is 0 Å². The number of H-pyrrole nitrogens is 1. The Kier molecular flexibility index (Phi) is 2.47. The minimum Gasteiger partial charge on any atom is -0.464 e. The first-order valence-electron chi connectivity index (χ1n) is 2.38. The van der Waals surface area contributed by atoms with Crippen LogP contribution in [0.15, 0.2) is 0 Å². The summed E-state index contributed by atoms with van der Waals surface area (Å²) in [5.41, 5.74) is 0. The minimum atomic E-state index is -1.19. The van der Waals surface area contributed by atoms with Gasteiger partial charge < -0.3 is 5.11 Å². The molecule has 0 radical (unpaired) electrons. The van der Waals surface area contributed by atoms with Crippen LogP contribution in [-0.2, 0) is 0 Å². The molecule has 0 unspecified atom stereocenters. The summed E-state index contributed by atoms with van der Waals surface area (Å²) in [5.74, 6) is 0. The van der Waals surface area contributed by atoms with Gasteiger partial charge >= 0.3 is 6.09 Å². The normalized spacial score (nSPS) is 9.55. The predicted molar refractivity (Wildman–Crippen MR) is 46.8 cm³/mol. The molecule has 0 atom stereocenters. The summed E-state index contributed by atoms with van der Waals surface area (Å²) < 4.78 is 1.11. The van der Waals surface area contributed by atoms with E-state index in [1.807, 2.05) is 0 Å². The maximum absolute atomic E-state index is 10.3. The van der Waals surface area contributed by atoms with Gasteiger partial charge in [0.15, 0.2) is 3.95 Å². The first-order valence-corrected chi connectivity index (χ1v) is 4.01. The molecule has 1 aromatic heterocycles. The highest BCUT2D eigenvalue weighted by molar-refractivity contribution is 7.83. The van der Waals surface area contributed by atoms with E-state index in [0.717, 1.165) is 11.3 Å². The van der Waals surface area contributed by atoms with Crippen LogP contribution in [0.5, 0.6) is 0 Å². The summed E-state index contributed by atoms with van der Waals surface area (Å²) in [6.07, 6.45) is -1.19. The molecule has 0 aliphatic carbocycles. The van der Waals surface area contributed by atoms with Crippen molar-refractivity contribution in [2.24, 2.45) is 0 Å². The molecule has 0 bridgehead atoms. The number of amides is 1. The molecule has 0 aliphatic rings.